The van der Waals surface area contributed by atoms with Gasteiger partial charge in [-0.25, -0.2) is 0 Å². The molecule has 0 aliphatic carbocycles. The van der Waals surface area contributed by atoms with Crippen LogP contribution >= 0.6 is 15.9 Å². The number of methoxy groups -OCH3 is 1. The number of ether oxygens (including phenoxy) is 1. The smallest absolute Gasteiger partial charge is 0.0791 e. The summed E-state index contributed by atoms with van der Waals surface area (Å²) in [7, 11) is 5.61. The maximum Gasteiger partial charge on any atom is 0.0791 e. The summed E-state index contributed by atoms with van der Waals surface area (Å²) in [5, 5.41) is 12.4. The normalized spacial score (nSPS) is 12.8. The van der Waals surface area contributed by atoms with Crippen LogP contribution in [0.4, 0.5) is 0 Å². The first-order chi connectivity index (χ1) is 10.1. The first-order valence-corrected chi connectivity index (χ1v) is 7.81. The minimum absolute atomic E-state index is 0.0439. The number of hydrogen-bond acceptors (Lipinski definition) is 4. The second kappa shape index (κ2) is 7.20. The molecule has 1 unspecified atom stereocenters. The maximum atomic E-state index is 5.17. The fraction of sp³-hybridized carbons (Fsp3) is 0.571. The SMILES string of the molecule is CCc1nn(C)cc1C(NC)c1c(Br)cnn1CCOC. The van der Waals surface area contributed by atoms with E-state index in [1.54, 1.807) is 7.11 Å². The van der Waals surface area contributed by atoms with Crippen LogP contribution in [0.2, 0.25) is 0 Å². The van der Waals surface area contributed by atoms with Gasteiger partial charge in [0.2, 0.25) is 0 Å². The molecule has 0 aromatic carbocycles. The van der Waals surface area contributed by atoms with Crippen molar-refractivity contribution >= 4 is 15.9 Å². The third-order valence-electron chi connectivity index (χ3n) is 3.49. The first-order valence-electron chi connectivity index (χ1n) is 7.02. The number of aryl methyl sites for hydroxylation is 2. The standard InChI is InChI=1S/C14H22BrN5O/c1-5-12-10(9-19(3)18-12)13(16-2)14-11(15)8-17-20(14)6-7-21-4/h8-9,13,16H,5-7H2,1-4H3. The Morgan fingerprint density at radius 3 is 2.86 bits per heavy atom. The Morgan fingerprint density at radius 1 is 1.48 bits per heavy atom. The average molecular weight is 356 g/mol. The zero-order chi connectivity index (χ0) is 15.4. The van der Waals surface area contributed by atoms with Crippen molar-refractivity contribution in [2.75, 3.05) is 20.8 Å². The predicted molar refractivity (Wildman–Crippen MR) is 85.3 cm³/mol. The number of nitrogens with zero attached hydrogens (tertiary/aromatic N) is 4. The molecule has 21 heavy (non-hydrogen) atoms. The second-order valence-corrected chi connectivity index (χ2v) is 5.73. The molecule has 1 atom stereocenters. The van der Waals surface area contributed by atoms with Crippen molar-refractivity contribution in [1.29, 1.82) is 0 Å². The van der Waals surface area contributed by atoms with E-state index in [0.717, 1.165) is 28.8 Å². The number of nitrogens with one attached hydrogen (secondary N) is 1. The summed E-state index contributed by atoms with van der Waals surface area (Å²) < 4.78 is 9.99. The van der Waals surface area contributed by atoms with Crippen molar-refractivity contribution in [3.8, 4) is 0 Å². The molecule has 7 heteroatoms. The Balaban J connectivity index is 2.43. The van der Waals surface area contributed by atoms with Crippen LogP contribution in [0.3, 0.4) is 0 Å². The van der Waals surface area contributed by atoms with Gasteiger partial charge in [0.15, 0.2) is 0 Å². The number of rotatable bonds is 7. The van der Waals surface area contributed by atoms with Gasteiger partial charge >= 0.3 is 0 Å². The molecule has 0 spiro atoms. The molecule has 2 rings (SSSR count). The van der Waals surface area contributed by atoms with Crippen LogP contribution in [0, 0.1) is 0 Å². The lowest BCUT2D eigenvalue weighted by Gasteiger charge is -2.19. The molecule has 6 nitrogen and oxygen atoms in total. The van der Waals surface area contributed by atoms with E-state index in [4.69, 9.17) is 4.74 Å². The molecule has 1 N–H and O–H groups in total. The largest absolute Gasteiger partial charge is 0.383 e. The summed E-state index contributed by atoms with van der Waals surface area (Å²) in [5.74, 6) is 0. The van der Waals surface area contributed by atoms with Crippen LogP contribution in [0.5, 0.6) is 0 Å². The van der Waals surface area contributed by atoms with Gasteiger partial charge in [0.25, 0.3) is 0 Å². The van der Waals surface area contributed by atoms with E-state index in [1.165, 1.54) is 5.56 Å². The molecule has 0 aliphatic heterocycles. The molecule has 0 saturated carbocycles. The van der Waals surface area contributed by atoms with Crippen molar-refractivity contribution in [3.05, 3.63) is 33.8 Å². The molecule has 2 aromatic rings. The van der Waals surface area contributed by atoms with Crippen molar-refractivity contribution < 1.29 is 4.74 Å². The first kappa shape index (κ1) is 16.2. The van der Waals surface area contributed by atoms with Crippen molar-refractivity contribution in [3.63, 3.8) is 0 Å². The van der Waals surface area contributed by atoms with E-state index in [0.29, 0.717) is 6.61 Å². The van der Waals surface area contributed by atoms with Crippen LogP contribution in [0.25, 0.3) is 0 Å². The molecule has 0 bridgehead atoms. The Morgan fingerprint density at radius 2 is 2.24 bits per heavy atom. The Hall–Kier alpha value is -1.18. The fourth-order valence-corrected chi connectivity index (χ4v) is 3.05. The molecule has 2 heterocycles. The van der Waals surface area contributed by atoms with E-state index in [2.05, 4.69) is 44.6 Å². The predicted octanol–water partition coefficient (Wildman–Crippen LogP) is 1.90. The summed E-state index contributed by atoms with van der Waals surface area (Å²) in [6.45, 7) is 3.47. The van der Waals surface area contributed by atoms with Crippen LogP contribution in [0.15, 0.2) is 16.9 Å². The van der Waals surface area contributed by atoms with E-state index in [-0.39, 0.29) is 6.04 Å². The van der Waals surface area contributed by atoms with Gasteiger partial charge in [-0.15, -0.1) is 0 Å². The highest BCUT2D eigenvalue weighted by atomic mass is 79.9. The van der Waals surface area contributed by atoms with Gasteiger partial charge in [-0.3, -0.25) is 9.36 Å². The summed E-state index contributed by atoms with van der Waals surface area (Å²) in [5.41, 5.74) is 3.38. The number of halogens is 1. The minimum atomic E-state index is 0.0439. The van der Waals surface area contributed by atoms with Crippen LogP contribution in [0.1, 0.15) is 29.9 Å². The van der Waals surface area contributed by atoms with Gasteiger partial charge in [-0.05, 0) is 29.4 Å². The lowest BCUT2D eigenvalue weighted by Crippen LogP contribution is -2.23. The van der Waals surface area contributed by atoms with E-state index >= 15 is 0 Å². The van der Waals surface area contributed by atoms with E-state index in [1.807, 2.05) is 29.7 Å². The molecular formula is C14H22BrN5O. The third kappa shape index (κ3) is 3.36. The fourth-order valence-electron chi connectivity index (χ4n) is 2.52. The molecule has 0 saturated heterocycles. The van der Waals surface area contributed by atoms with E-state index < -0.39 is 0 Å². The van der Waals surface area contributed by atoms with Gasteiger partial charge in [0.1, 0.15) is 0 Å². The Kier molecular flexibility index (Phi) is 5.55. The van der Waals surface area contributed by atoms with Gasteiger partial charge in [0, 0.05) is 25.9 Å². The maximum absolute atomic E-state index is 5.17. The van der Waals surface area contributed by atoms with Crippen molar-refractivity contribution in [2.24, 2.45) is 7.05 Å². The van der Waals surface area contributed by atoms with Gasteiger partial charge in [0.05, 0.1) is 41.3 Å². The average Bonchev–Trinajstić information content (AvgIpc) is 3.02. The quantitative estimate of drug-likeness (QED) is 0.823. The summed E-state index contributed by atoms with van der Waals surface area (Å²) in [6, 6.07) is 0.0439. The van der Waals surface area contributed by atoms with Gasteiger partial charge in [-0.1, -0.05) is 6.92 Å². The van der Waals surface area contributed by atoms with Crippen LogP contribution in [-0.2, 0) is 24.8 Å². The summed E-state index contributed by atoms with van der Waals surface area (Å²) in [6.07, 6.45) is 4.80. The van der Waals surface area contributed by atoms with Crippen LogP contribution < -0.4 is 5.32 Å². The monoisotopic (exact) mass is 355 g/mol. The molecule has 0 amide bonds. The highest BCUT2D eigenvalue weighted by Gasteiger charge is 2.24. The third-order valence-corrected chi connectivity index (χ3v) is 4.10. The molecule has 0 fully saturated rings. The molecule has 2 aromatic heterocycles. The molecule has 0 radical (unpaired) electrons. The summed E-state index contributed by atoms with van der Waals surface area (Å²) in [4.78, 5) is 0. The molecule has 116 valence electrons. The minimum Gasteiger partial charge on any atom is -0.383 e. The van der Waals surface area contributed by atoms with Crippen molar-refractivity contribution in [2.45, 2.75) is 25.9 Å². The number of aromatic nitrogens is 4. The zero-order valence-electron chi connectivity index (χ0n) is 12.9. The Bertz CT molecular complexity index is 592. The zero-order valence-corrected chi connectivity index (χ0v) is 14.5. The lowest BCUT2D eigenvalue weighted by atomic mass is 10.0. The highest BCUT2D eigenvalue weighted by Crippen LogP contribution is 2.30. The van der Waals surface area contributed by atoms with Crippen LogP contribution in [-0.4, -0.2) is 40.3 Å². The highest BCUT2D eigenvalue weighted by molar-refractivity contribution is 9.10. The summed E-state index contributed by atoms with van der Waals surface area (Å²) >= 11 is 3.61. The second-order valence-electron chi connectivity index (χ2n) is 4.87. The van der Waals surface area contributed by atoms with E-state index in [9.17, 15) is 0 Å². The van der Waals surface area contributed by atoms with Crippen molar-refractivity contribution in [1.82, 2.24) is 24.9 Å². The van der Waals surface area contributed by atoms with Gasteiger partial charge in [-0.2, -0.15) is 10.2 Å². The topological polar surface area (TPSA) is 56.9 Å². The molecular weight excluding hydrogens is 334 g/mol. The molecule has 0 aliphatic rings. The Labute approximate surface area is 133 Å². The van der Waals surface area contributed by atoms with Gasteiger partial charge < -0.3 is 10.1 Å². The number of hydrogen-bond donors (Lipinski definition) is 1. The lowest BCUT2D eigenvalue weighted by molar-refractivity contribution is 0.182.